The van der Waals surface area contributed by atoms with E-state index >= 15 is 0 Å². The highest BCUT2D eigenvalue weighted by atomic mass is 28.4. The highest BCUT2D eigenvalue weighted by Gasteiger charge is 2.22. The summed E-state index contributed by atoms with van der Waals surface area (Å²) in [5.41, 5.74) is 0. The lowest BCUT2D eigenvalue weighted by atomic mass is 10.2. The van der Waals surface area contributed by atoms with Crippen molar-refractivity contribution in [2.45, 2.75) is 58.5 Å². The maximum absolute atomic E-state index is 5.07. The zero-order chi connectivity index (χ0) is 11.9. The molecule has 0 aliphatic carbocycles. The Hall–Kier alpha value is 0.354. The van der Waals surface area contributed by atoms with E-state index in [0.29, 0.717) is 0 Å². The first-order chi connectivity index (χ1) is 6.71. The maximum Gasteiger partial charge on any atom is 0.109 e. The minimum atomic E-state index is -0.981. The van der Waals surface area contributed by atoms with E-state index in [0.717, 1.165) is 13.2 Å². The molecule has 0 spiro atoms. The van der Waals surface area contributed by atoms with E-state index in [4.69, 9.17) is 4.74 Å². The second-order valence-electron chi connectivity index (χ2n) is 6.30. The van der Waals surface area contributed by atoms with Crippen molar-refractivity contribution < 1.29 is 4.74 Å². The zero-order valence-corrected chi connectivity index (χ0v) is 13.4. The summed E-state index contributed by atoms with van der Waals surface area (Å²) in [7, 11) is -1.96. The van der Waals surface area contributed by atoms with Gasteiger partial charge in [-0.15, -0.1) is 0 Å². The summed E-state index contributed by atoms with van der Waals surface area (Å²) in [5, 5.41) is 0. The molecule has 0 unspecified atom stereocenters. The summed E-state index contributed by atoms with van der Waals surface area (Å²) in [4.78, 5) is 0. The molecule has 0 radical (unpaired) electrons. The van der Waals surface area contributed by atoms with Gasteiger partial charge in [0.2, 0.25) is 0 Å². The average molecular weight is 248 g/mol. The van der Waals surface area contributed by atoms with Crippen LogP contribution in [0.4, 0.5) is 0 Å². The number of hydrogen-bond acceptors (Lipinski definition) is 2. The summed E-state index contributed by atoms with van der Waals surface area (Å²) in [6.07, 6.45) is 3.93. The Balaban J connectivity index is 0.000000280. The quantitative estimate of drug-likeness (QED) is 0.755. The summed E-state index contributed by atoms with van der Waals surface area (Å²) in [5.74, 6) is 0. The van der Waals surface area contributed by atoms with E-state index in [2.05, 4.69) is 43.9 Å². The van der Waals surface area contributed by atoms with Crippen molar-refractivity contribution in [2.24, 2.45) is 0 Å². The minimum Gasteiger partial charge on any atom is -0.381 e. The summed E-state index contributed by atoms with van der Waals surface area (Å²) in [6.45, 7) is 16.1. The third-order valence-corrected chi connectivity index (χ3v) is 7.83. The van der Waals surface area contributed by atoms with Gasteiger partial charge in [0.1, 0.15) is 16.5 Å². The fourth-order valence-electron chi connectivity index (χ4n) is 1.81. The van der Waals surface area contributed by atoms with Gasteiger partial charge in [0.15, 0.2) is 0 Å². The Kier molecular flexibility index (Phi) is 6.99. The second-order valence-corrected chi connectivity index (χ2v) is 16.3. The van der Waals surface area contributed by atoms with Gasteiger partial charge in [-0.05, 0) is 19.3 Å². The monoisotopic (exact) mass is 247 g/mol. The molecule has 1 aliphatic heterocycles. The van der Waals surface area contributed by atoms with E-state index in [-0.39, 0.29) is 0 Å². The number of rotatable bonds is 2. The number of nitrogens with one attached hydrogen (secondary N) is 1. The van der Waals surface area contributed by atoms with Gasteiger partial charge in [-0.2, -0.15) is 0 Å². The third-order valence-electron chi connectivity index (χ3n) is 1.83. The molecule has 0 bridgehead atoms. The topological polar surface area (TPSA) is 21.3 Å². The Labute approximate surface area is 98.0 Å². The summed E-state index contributed by atoms with van der Waals surface area (Å²) < 4.78 is 8.81. The molecular weight excluding hydrogens is 218 g/mol. The molecule has 0 aromatic carbocycles. The van der Waals surface area contributed by atoms with Crippen molar-refractivity contribution in [3.05, 3.63) is 0 Å². The molecule has 4 heteroatoms. The van der Waals surface area contributed by atoms with Crippen LogP contribution in [0.3, 0.4) is 0 Å². The first-order valence-electron chi connectivity index (χ1n) is 6.08. The van der Waals surface area contributed by atoms with E-state index in [1.165, 1.54) is 19.3 Å². The molecule has 0 saturated carbocycles. The van der Waals surface area contributed by atoms with Gasteiger partial charge >= 0.3 is 0 Å². The molecule has 1 saturated heterocycles. The summed E-state index contributed by atoms with van der Waals surface area (Å²) >= 11 is 0. The van der Waals surface area contributed by atoms with Crippen molar-refractivity contribution in [1.29, 1.82) is 0 Å². The van der Waals surface area contributed by atoms with E-state index < -0.39 is 16.5 Å². The van der Waals surface area contributed by atoms with Gasteiger partial charge in [0.25, 0.3) is 0 Å². The van der Waals surface area contributed by atoms with Crippen LogP contribution in [0, 0.1) is 0 Å². The van der Waals surface area contributed by atoms with Crippen LogP contribution in [0.5, 0.6) is 0 Å². The molecule has 1 fully saturated rings. The first kappa shape index (κ1) is 15.4. The molecule has 1 N–H and O–H groups in total. The molecule has 1 heterocycles. The second kappa shape index (κ2) is 6.83. The van der Waals surface area contributed by atoms with Crippen LogP contribution in [0.15, 0.2) is 0 Å². The Morgan fingerprint density at radius 3 is 1.20 bits per heavy atom. The van der Waals surface area contributed by atoms with Crippen LogP contribution in [-0.2, 0) is 4.74 Å². The lowest BCUT2D eigenvalue weighted by Gasteiger charge is -2.28. The predicted octanol–water partition coefficient (Wildman–Crippen LogP) is 3.43. The minimum absolute atomic E-state index is 0.981. The van der Waals surface area contributed by atoms with Crippen LogP contribution in [0.2, 0.25) is 39.3 Å². The SMILES string of the molecule is C1CCOCC1.C[Si](C)(C)N[Si](C)(C)C. The molecule has 0 aromatic heterocycles. The van der Waals surface area contributed by atoms with Crippen LogP contribution in [-0.4, -0.2) is 29.7 Å². The molecule has 2 nitrogen and oxygen atoms in total. The van der Waals surface area contributed by atoms with Gasteiger partial charge in [0.05, 0.1) is 0 Å². The number of ether oxygens (including phenoxy) is 1. The van der Waals surface area contributed by atoms with Crippen molar-refractivity contribution in [1.82, 2.24) is 4.65 Å². The molecule has 0 aromatic rings. The predicted molar refractivity (Wildman–Crippen MR) is 74.5 cm³/mol. The van der Waals surface area contributed by atoms with E-state index in [1.807, 2.05) is 0 Å². The van der Waals surface area contributed by atoms with Crippen LogP contribution >= 0.6 is 0 Å². The Morgan fingerprint density at radius 2 is 1.13 bits per heavy atom. The number of hydrogen-bond donors (Lipinski definition) is 1. The average Bonchev–Trinajstić information content (AvgIpc) is 2.01. The first-order valence-corrected chi connectivity index (χ1v) is 13.1. The fourth-order valence-corrected chi connectivity index (χ4v) is 10.8. The lowest BCUT2D eigenvalue weighted by Crippen LogP contribution is -2.55. The fraction of sp³-hybridized carbons (Fsp3) is 1.00. The standard InChI is InChI=1S/C6H19NSi2.C5H10O/c1-8(2,3)7-9(4,5)6;1-2-4-6-5-3-1/h7H,1-6H3;1-5H2. The molecule has 1 rings (SSSR count). The van der Waals surface area contributed by atoms with Gasteiger partial charge in [-0.1, -0.05) is 39.3 Å². The lowest BCUT2D eigenvalue weighted by molar-refractivity contribution is 0.0968. The van der Waals surface area contributed by atoms with Crippen LogP contribution in [0.25, 0.3) is 0 Å². The normalized spacial score (nSPS) is 18.0. The van der Waals surface area contributed by atoms with Gasteiger partial charge < -0.3 is 9.38 Å². The largest absolute Gasteiger partial charge is 0.381 e. The van der Waals surface area contributed by atoms with Crippen molar-refractivity contribution in [2.75, 3.05) is 13.2 Å². The summed E-state index contributed by atoms with van der Waals surface area (Å²) in [6, 6.07) is 0. The molecule has 92 valence electrons. The smallest absolute Gasteiger partial charge is 0.109 e. The highest BCUT2D eigenvalue weighted by molar-refractivity contribution is 6.90. The zero-order valence-electron chi connectivity index (χ0n) is 11.4. The Bertz CT molecular complexity index is 133. The van der Waals surface area contributed by atoms with Crippen LogP contribution < -0.4 is 4.65 Å². The van der Waals surface area contributed by atoms with E-state index in [9.17, 15) is 0 Å². The van der Waals surface area contributed by atoms with Crippen LogP contribution in [0.1, 0.15) is 19.3 Å². The highest BCUT2D eigenvalue weighted by Crippen LogP contribution is 2.03. The molecule has 0 amide bonds. The van der Waals surface area contributed by atoms with Gasteiger partial charge in [-0.3, -0.25) is 0 Å². The molecule has 15 heavy (non-hydrogen) atoms. The van der Waals surface area contributed by atoms with Crippen molar-refractivity contribution >= 4 is 16.5 Å². The molecule has 0 atom stereocenters. The third kappa shape index (κ3) is 14.4. The maximum atomic E-state index is 5.07. The Morgan fingerprint density at radius 1 is 0.733 bits per heavy atom. The van der Waals surface area contributed by atoms with Gasteiger partial charge in [0, 0.05) is 13.2 Å². The van der Waals surface area contributed by atoms with Crippen molar-refractivity contribution in [3.8, 4) is 0 Å². The molecule has 1 aliphatic rings. The molecular formula is C11H29NOSi2. The van der Waals surface area contributed by atoms with Gasteiger partial charge in [-0.25, -0.2) is 0 Å². The van der Waals surface area contributed by atoms with E-state index in [1.54, 1.807) is 0 Å². The van der Waals surface area contributed by atoms with Crippen molar-refractivity contribution in [3.63, 3.8) is 0 Å².